The molecule has 7 nitrogen and oxygen atoms in total. The first-order valence-electron chi connectivity index (χ1n) is 11.8. The number of aromatic nitrogens is 1. The number of ether oxygens (including phenoxy) is 2. The molecule has 0 saturated carbocycles. The standard InChI is InChI=1S/C25H35N3O4S/c1-25(2,28(24(29)30)21-11-14-27-12-9-18(21)10-13-27)22-17-33-23(26-22)19-5-7-20(8-6-19)32-16-4-15-31-3/h5-8,17-18,21H,4,9-16H2,1-3H3,(H,29,30). The van der Waals surface area contributed by atoms with Crippen molar-refractivity contribution in [2.75, 3.05) is 40.0 Å². The third-order valence-electron chi connectivity index (χ3n) is 7.05. The van der Waals surface area contributed by atoms with Crippen LogP contribution in [-0.4, -0.2) is 72.0 Å². The first-order chi connectivity index (χ1) is 15.9. The number of hydrogen-bond acceptors (Lipinski definition) is 6. The van der Waals surface area contributed by atoms with E-state index in [0.717, 1.165) is 67.3 Å². The molecule has 1 N–H and O–H groups in total. The summed E-state index contributed by atoms with van der Waals surface area (Å²) in [6.45, 7) is 8.44. The van der Waals surface area contributed by atoms with Gasteiger partial charge < -0.3 is 19.5 Å². The van der Waals surface area contributed by atoms with Crippen molar-refractivity contribution >= 4 is 17.4 Å². The van der Waals surface area contributed by atoms with E-state index in [0.29, 0.717) is 19.1 Å². The number of rotatable bonds is 9. The summed E-state index contributed by atoms with van der Waals surface area (Å²) < 4.78 is 10.8. The van der Waals surface area contributed by atoms with Gasteiger partial charge in [-0.05, 0) is 76.4 Å². The van der Waals surface area contributed by atoms with Crippen molar-refractivity contribution in [3.8, 4) is 16.3 Å². The Kier molecular flexibility index (Phi) is 7.56. The Morgan fingerprint density at radius 1 is 1.18 bits per heavy atom. The Morgan fingerprint density at radius 2 is 1.88 bits per heavy atom. The second-order valence-electron chi connectivity index (χ2n) is 9.50. The van der Waals surface area contributed by atoms with Crippen molar-refractivity contribution in [3.63, 3.8) is 0 Å². The van der Waals surface area contributed by atoms with Crippen LogP contribution >= 0.6 is 11.3 Å². The molecule has 1 amide bonds. The number of methoxy groups -OCH3 is 1. The molecular formula is C25H35N3O4S. The van der Waals surface area contributed by atoms with Gasteiger partial charge >= 0.3 is 6.09 Å². The fourth-order valence-corrected chi connectivity index (χ4v) is 6.13. The third kappa shape index (κ3) is 5.34. The fourth-order valence-electron chi connectivity index (χ4n) is 5.15. The summed E-state index contributed by atoms with van der Waals surface area (Å²) >= 11 is 1.56. The molecule has 3 aliphatic rings. The minimum atomic E-state index is -0.852. The number of nitrogens with zero attached hydrogens (tertiary/aromatic N) is 3. The van der Waals surface area contributed by atoms with Gasteiger partial charge in [-0.15, -0.1) is 11.3 Å². The highest BCUT2D eigenvalue weighted by Crippen LogP contribution is 2.39. The Bertz CT molecular complexity index is 922. The monoisotopic (exact) mass is 473 g/mol. The highest BCUT2D eigenvalue weighted by molar-refractivity contribution is 7.13. The minimum Gasteiger partial charge on any atom is -0.494 e. The van der Waals surface area contributed by atoms with Crippen molar-refractivity contribution in [2.45, 2.75) is 51.1 Å². The van der Waals surface area contributed by atoms with Crippen LogP contribution in [0.3, 0.4) is 0 Å². The Labute approximate surface area is 200 Å². The molecule has 180 valence electrons. The number of benzene rings is 1. The van der Waals surface area contributed by atoms with E-state index in [1.807, 2.05) is 43.5 Å². The van der Waals surface area contributed by atoms with Crippen molar-refractivity contribution in [2.24, 2.45) is 5.92 Å². The Morgan fingerprint density at radius 3 is 2.55 bits per heavy atom. The van der Waals surface area contributed by atoms with Crippen LogP contribution in [0.15, 0.2) is 29.6 Å². The van der Waals surface area contributed by atoms with Gasteiger partial charge in [0.2, 0.25) is 0 Å². The highest BCUT2D eigenvalue weighted by atomic mass is 32.1. The molecule has 3 aliphatic heterocycles. The van der Waals surface area contributed by atoms with Crippen LogP contribution in [-0.2, 0) is 10.3 Å². The minimum absolute atomic E-state index is 0.0321. The molecule has 0 aliphatic carbocycles. The molecule has 5 rings (SSSR count). The average molecular weight is 474 g/mol. The van der Waals surface area contributed by atoms with Crippen LogP contribution in [0.4, 0.5) is 4.79 Å². The lowest BCUT2D eigenvalue weighted by molar-refractivity contribution is 0.0339. The molecule has 8 heteroatoms. The van der Waals surface area contributed by atoms with Gasteiger partial charge in [-0.1, -0.05) is 0 Å². The lowest BCUT2D eigenvalue weighted by Crippen LogP contribution is -2.53. The van der Waals surface area contributed by atoms with E-state index in [4.69, 9.17) is 14.5 Å². The van der Waals surface area contributed by atoms with E-state index in [-0.39, 0.29) is 6.04 Å². The van der Waals surface area contributed by atoms with Crippen LogP contribution in [0.1, 0.15) is 45.2 Å². The second kappa shape index (κ2) is 10.4. The quantitative estimate of drug-likeness (QED) is 0.521. The largest absolute Gasteiger partial charge is 0.494 e. The van der Waals surface area contributed by atoms with Gasteiger partial charge in [-0.3, -0.25) is 4.90 Å². The van der Waals surface area contributed by atoms with Gasteiger partial charge in [0, 0.05) is 43.7 Å². The van der Waals surface area contributed by atoms with Crippen LogP contribution in [0.2, 0.25) is 0 Å². The second-order valence-corrected chi connectivity index (χ2v) is 10.4. The highest BCUT2D eigenvalue weighted by Gasteiger charge is 2.44. The molecule has 0 spiro atoms. The number of carbonyl (C=O) groups is 1. The lowest BCUT2D eigenvalue weighted by atomic mass is 9.86. The summed E-state index contributed by atoms with van der Waals surface area (Å²) in [6.07, 6.45) is 3.04. The maximum atomic E-state index is 12.5. The number of fused-ring (bicyclic) bond motifs is 4. The van der Waals surface area contributed by atoms with E-state index >= 15 is 0 Å². The molecule has 1 aromatic carbocycles. The van der Waals surface area contributed by atoms with Crippen molar-refractivity contribution in [1.82, 2.24) is 14.8 Å². The van der Waals surface area contributed by atoms with E-state index < -0.39 is 11.6 Å². The van der Waals surface area contributed by atoms with Crippen LogP contribution in [0.25, 0.3) is 10.6 Å². The van der Waals surface area contributed by atoms with E-state index in [1.165, 1.54) is 0 Å². The summed E-state index contributed by atoms with van der Waals surface area (Å²) in [5.74, 6) is 1.25. The van der Waals surface area contributed by atoms with Gasteiger partial charge in [-0.2, -0.15) is 0 Å². The number of carboxylic acid groups (broad SMARTS) is 1. The van der Waals surface area contributed by atoms with Gasteiger partial charge in [0.15, 0.2) is 0 Å². The summed E-state index contributed by atoms with van der Waals surface area (Å²) in [6, 6.07) is 7.96. The summed E-state index contributed by atoms with van der Waals surface area (Å²) in [7, 11) is 1.69. The zero-order valence-electron chi connectivity index (χ0n) is 19.8. The smallest absolute Gasteiger partial charge is 0.408 e. The molecule has 33 heavy (non-hydrogen) atoms. The maximum absolute atomic E-state index is 12.5. The molecule has 2 aromatic rings. The number of amides is 1. The first-order valence-corrected chi connectivity index (χ1v) is 12.7. The summed E-state index contributed by atoms with van der Waals surface area (Å²) in [4.78, 5) is 21.6. The van der Waals surface area contributed by atoms with E-state index in [1.54, 1.807) is 23.3 Å². The first kappa shape index (κ1) is 24.0. The van der Waals surface area contributed by atoms with Gasteiger partial charge in [0.25, 0.3) is 0 Å². The Hall–Kier alpha value is -2.16. The van der Waals surface area contributed by atoms with Gasteiger partial charge in [0.1, 0.15) is 10.8 Å². The van der Waals surface area contributed by atoms with Gasteiger partial charge in [-0.25, -0.2) is 9.78 Å². The molecule has 1 unspecified atom stereocenters. The molecule has 3 saturated heterocycles. The summed E-state index contributed by atoms with van der Waals surface area (Å²) in [5, 5.41) is 13.2. The maximum Gasteiger partial charge on any atom is 0.408 e. The SMILES string of the molecule is COCCCOc1ccc(-c2nc(C(C)(C)N(C(=O)O)C3CCN4CCC3CC4)cs2)cc1. The van der Waals surface area contributed by atoms with Crippen molar-refractivity contribution in [1.29, 1.82) is 0 Å². The van der Waals surface area contributed by atoms with Crippen molar-refractivity contribution < 1.29 is 19.4 Å². The molecule has 1 aromatic heterocycles. The van der Waals surface area contributed by atoms with E-state index in [9.17, 15) is 9.90 Å². The van der Waals surface area contributed by atoms with Crippen molar-refractivity contribution in [3.05, 3.63) is 35.3 Å². The third-order valence-corrected chi connectivity index (χ3v) is 7.94. The molecular weight excluding hydrogens is 438 g/mol. The summed E-state index contributed by atoms with van der Waals surface area (Å²) in [5.41, 5.74) is 1.12. The molecule has 3 fully saturated rings. The van der Waals surface area contributed by atoms with Crippen LogP contribution in [0.5, 0.6) is 5.75 Å². The number of piperidine rings is 1. The predicted octanol–water partition coefficient (Wildman–Crippen LogP) is 4.92. The van der Waals surface area contributed by atoms with Crippen LogP contribution in [0, 0.1) is 5.92 Å². The molecule has 2 bridgehead atoms. The zero-order valence-corrected chi connectivity index (χ0v) is 20.6. The van der Waals surface area contributed by atoms with Crippen LogP contribution < -0.4 is 4.74 Å². The Balaban J connectivity index is 1.50. The normalized spacial score (nSPS) is 22.7. The zero-order chi connectivity index (χ0) is 23.4. The average Bonchev–Trinajstić information content (AvgIpc) is 3.15. The molecule has 4 heterocycles. The molecule has 1 atom stereocenters. The van der Waals surface area contributed by atoms with E-state index in [2.05, 4.69) is 4.90 Å². The number of hydrogen-bond donors (Lipinski definition) is 1. The molecule has 0 radical (unpaired) electrons. The lowest BCUT2D eigenvalue weighted by Gasteiger charge is -2.43. The fraction of sp³-hybridized carbons (Fsp3) is 0.600. The topological polar surface area (TPSA) is 75.1 Å². The number of thiazole rings is 1. The van der Waals surface area contributed by atoms with Gasteiger partial charge in [0.05, 0.1) is 17.8 Å². The predicted molar refractivity (Wildman–Crippen MR) is 130 cm³/mol.